The highest BCUT2D eigenvalue weighted by molar-refractivity contribution is 8.02. The zero-order chi connectivity index (χ0) is 24.2. The Morgan fingerprint density at radius 3 is 2.58 bits per heavy atom. The maximum atomic E-state index is 12.1. The molecule has 2 aromatic heterocycles. The van der Waals surface area contributed by atoms with E-state index in [1.165, 1.54) is 10.9 Å². The largest absolute Gasteiger partial charge is 0.490 e. The fraction of sp³-hybridized carbons (Fsp3) is 0.583. The number of fused-ring (bicyclic) bond motifs is 1. The molecule has 2 unspecified atom stereocenters. The zero-order valence-corrected chi connectivity index (χ0v) is 19.8. The van der Waals surface area contributed by atoms with Crippen molar-refractivity contribution in [3.05, 3.63) is 16.7 Å². The number of imidazole rings is 1. The minimum absolute atomic E-state index is 0.0454. The molecular formula is C12H18N5O12P3S. The predicted octanol–water partition coefficient (Wildman–Crippen LogP) is 0.208. The molecule has 2 aliphatic heterocycles. The van der Waals surface area contributed by atoms with Crippen LogP contribution in [0.1, 0.15) is 19.1 Å². The molecule has 1 spiro atoms. The van der Waals surface area contributed by atoms with Crippen LogP contribution in [0.5, 0.6) is 0 Å². The molecule has 184 valence electrons. The first kappa shape index (κ1) is 25.0. The summed E-state index contributed by atoms with van der Waals surface area (Å²) in [5.74, 6) is 0.692. The first-order valence-corrected chi connectivity index (χ1v) is 14.5. The van der Waals surface area contributed by atoms with E-state index in [1.54, 1.807) is 11.8 Å². The average Bonchev–Trinajstić information content (AvgIpc) is 3.17. The zero-order valence-electron chi connectivity index (χ0n) is 16.3. The number of thioether (sulfide) groups is 1. The normalized spacial score (nSPS) is 29.1. The number of hydrogen-bond donors (Lipinski definition) is 6. The number of phosphoric acid groups is 3. The van der Waals surface area contributed by atoms with Crippen molar-refractivity contribution in [1.29, 1.82) is 0 Å². The van der Waals surface area contributed by atoms with Crippen molar-refractivity contribution >= 4 is 52.3 Å². The van der Waals surface area contributed by atoms with Gasteiger partial charge < -0.3 is 30.0 Å². The second kappa shape index (κ2) is 8.52. The van der Waals surface area contributed by atoms with Crippen LogP contribution in [0, 0.1) is 0 Å². The van der Waals surface area contributed by atoms with Crippen LogP contribution in [0.2, 0.25) is 0 Å². The van der Waals surface area contributed by atoms with Crippen molar-refractivity contribution in [2.24, 2.45) is 0 Å². The average molecular weight is 549 g/mol. The number of ether oxygens (including phenoxy) is 1. The van der Waals surface area contributed by atoms with Crippen LogP contribution in [-0.4, -0.2) is 62.3 Å². The first-order valence-electron chi connectivity index (χ1n) is 8.99. The third-order valence-electron chi connectivity index (χ3n) is 4.80. The van der Waals surface area contributed by atoms with E-state index in [4.69, 9.17) is 24.8 Å². The minimum atomic E-state index is -5.62. The number of nitrogen functional groups attached to an aromatic ring is 1. The van der Waals surface area contributed by atoms with Crippen LogP contribution in [0.4, 0.5) is 5.95 Å². The van der Waals surface area contributed by atoms with Crippen LogP contribution in [-0.2, 0) is 31.6 Å². The van der Waals surface area contributed by atoms with Crippen LogP contribution in [0.3, 0.4) is 0 Å². The second-order valence-corrected chi connectivity index (χ2v) is 13.1. The maximum absolute atomic E-state index is 12.1. The predicted molar refractivity (Wildman–Crippen MR) is 111 cm³/mol. The van der Waals surface area contributed by atoms with Crippen molar-refractivity contribution in [3.8, 4) is 0 Å². The lowest BCUT2D eigenvalue weighted by Gasteiger charge is -2.41. The summed E-state index contributed by atoms with van der Waals surface area (Å²) in [5.41, 5.74) is 5.32. The van der Waals surface area contributed by atoms with E-state index in [-0.39, 0.29) is 17.1 Å². The fourth-order valence-electron chi connectivity index (χ4n) is 3.57. The maximum Gasteiger partial charge on any atom is 0.490 e. The molecule has 2 saturated heterocycles. The summed E-state index contributed by atoms with van der Waals surface area (Å²) in [6, 6.07) is 0. The highest BCUT2D eigenvalue weighted by atomic mass is 32.2. The van der Waals surface area contributed by atoms with Gasteiger partial charge in [0.15, 0.2) is 17.4 Å². The van der Waals surface area contributed by atoms with Gasteiger partial charge in [-0.05, 0) is 18.6 Å². The van der Waals surface area contributed by atoms with Gasteiger partial charge in [0.05, 0.1) is 23.8 Å². The summed E-state index contributed by atoms with van der Waals surface area (Å²) >= 11 is 1.56. The fourth-order valence-corrected chi connectivity index (χ4v) is 7.97. The van der Waals surface area contributed by atoms with E-state index in [9.17, 15) is 28.3 Å². The number of H-pyrrole nitrogens is 1. The van der Waals surface area contributed by atoms with Gasteiger partial charge in [-0.1, -0.05) is 0 Å². The van der Waals surface area contributed by atoms with Gasteiger partial charge >= 0.3 is 23.5 Å². The lowest BCUT2D eigenvalue weighted by atomic mass is 9.97. The number of aromatic amines is 1. The molecule has 4 rings (SSSR count). The summed E-state index contributed by atoms with van der Waals surface area (Å²) in [6.45, 7) is -0.578. The smallest absolute Gasteiger partial charge is 0.369 e. The molecule has 17 nitrogen and oxygen atoms in total. The summed E-state index contributed by atoms with van der Waals surface area (Å²) in [5, 5.41) is 0. The van der Waals surface area contributed by atoms with Gasteiger partial charge in [-0.15, -0.1) is 0 Å². The Bertz CT molecular complexity index is 1270. The standard InChI is InChI=1S/C12H18N5O12P3S/c13-11-15-8-7(9(18)16-11)14-5-17(8)10-12(1-2-33-12)3-6(27-10)4-26-31(22,23)29-32(24,25)28-30(19,20)21/h5-6,10H,1-4H2,(H,22,23)(H,24,25)(H2,19,20,21)(H3,13,15,16,18)/t6-,10+,12+/m0/s1. The lowest BCUT2D eigenvalue weighted by molar-refractivity contribution is -0.0279. The Hall–Kier alpha value is -1.13. The van der Waals surface area contributed by atoms with Gasteiger partial charge in [-0.25, -0.2) is 18.7 Å². The number of anilines is 1. The molecule has 4 heterocycles. The SMILES string of the molecule is Nc1nc2c(ncn2[C@@H]2O[C@H](COP(=O)(O)OP(=O)(O)OP(=O)(O)O)C[C@]23CCS3)c(=O)[nH]1. The molecular weight excluding hydrogens is 531 g/mol. The number of hydrogen-bond acceptors (Lipinski definition) is 12. The Morgan fingerprint density at radius 2 is 1.97 bits per heavy atom. The van der Waals surface area contributed by atoms with Gasteiger partial charge in [-0.3, -0.25) is 18.9 Å². The molecule has 7 N–H and O–H groups in total. The van der Waals surface area contributed by atoms with E-state index >= 15 is 0 Å². The van der Waals surface area contributed by atoms with Crippen LogP contribution < -0.4 is 11.3 Å². The lowest BCUT2D eigenvalue weighted by Crippen LogP contribution is -2.40. The Kier molecular flexibility index (Phi) is 6.45. The third kappa shape index (κ3) is 5.42. The van der Waals surface area contributed by atoms with E-state index in [2.05, 4.69) is 23.6 Å². The summed E-state index contributed by atoms with van der Waals surface area (Å²) in [6.07, 6.45) is 0.902. The second-order valence-electron chi connectivity index (χ2n) is 7.14. The van der Waals surface area contributed by atoms with Crippen LogP contribution in [0.25, 0.3) is 11.2 Å². The van der Waals surface area contributed by atoms with E-state index in [0.717, 1.165) is 5.75 Å². The highest BCUT2D eigenvalue weighted by Gasteiger charge is 2.55. The molecule has 2 fully saturated rings. The third-order valence-corrected chi connectivity index (χ3v) is 10.2. The quantitative estimate of drug-likeness (QED) is 0.240. The number of nitrogens with two attached hydrogens (primary N) is 1. The molecule has 2 aliphatic rings. The van der Waals surface area contributed by atoms with Gasteiger partial charge in [-0.2, -0.15) is 25.4 Å². The number of phosphoric ester groups is 1. The molecule has 0 radical (unpaired) electrons. The van der Waals surface area contributed by atoms with Gasteiger partial charge in [0, 0.05) is 0 Å². The molecule has 2 aromatic rings. The van der Waals surface area contributed by atoms with Crippen molar-refractivity contribution in [1.82, 2.24) is 19.5 Å². The topological polar surface area (TPSA) is 259 Å². The Balaban J connectivity index is 1.49. The molecule has 0 aliphatic carbocycles. The Labute approximate surface area is 188 Å². The van der Waals surface area contributed by atoms with Crippen molar-refractivity contribution in [2.75, 3.05) is 18.1 Å². The number of aromatic nitrogens is 4. The molecule has 0 bridgehead atoms. The van der Waals surface area contributed by atoms with Crippen molar-refractivity contribution in [3.63, 3.8) is 0 Å². The van der Waals surface area contributed by atoms with Crippen LogP contribution >= 0.6 is 35.2 Å². The number of nitrogens with zero attached hydrogens (tertiary/aromatic N) is 3. The first-order chi connectivity index (χ1) is 15.2. The number of rotatable bonds is 8. The molecule has 5 atom stereocenters. The molecule has 33 heavy (non-hydrogen) atoms. The summed E-state index contributed by atoms with van der Waals surface area (Å²) in [4.78, 5) is 58.6. The Morgan fingerprint density at radius 1 is 1.27 bits per heavy atom. The van der Waals surface area contributed by atoms with Gasteiger partial charge in [0.1, 0.15) is 0 Å². The molecule has 0 amide bonds. The molecule has 0 saturated carbocycles. The number of nitrogens with one attached hydrogen (secondary N) is 1. The van der Waals surface area contributed by atoms with Gasteiger partial charge in [0.25, 0.3) is 5.56 Å². The van der Waals surface area contributed by atoms with E-state index in [1.807, 2.05) is 0 Å². The summed E-state index contributed by atoms with van der Waals surface area (Å²) < 4.78 is 53.2. The van der Waals surface area contributed by atoms with Crippen molar-refractivity contribution in [2.45, 2.75) is 29.9 Å². The minimum Gasteiger partial charge on any atom is -0.369 e. The molecule has 21 heteroatoms. The van der Waals surface area contributed by atoms with E-state index < -0.39 is 52.7 Å². The van der Waals surface area contributed by atoms with E-state index in [0.29, 0.717) is 12.8 Å². The van der Waals surface area contributed by atoms with Crippen molar-refractivity contribution < 1.29 is 51.2 Å². The summed E-state index contributed by atoms with van der Waals surface area (Å²) in [7, 11) is -16.4. The highest BCUT2D eigenvalue weighted by Crippen LogP contribution is 2.66. The monoisotopic (exact) mass is 549 g/mol. The molecule has 0 aromatic carbocycles. The van der Waals surface area contributed by atoms with Gasteiger partial charge in [0.2, 0.25) is 5.95 Å². The van der Waals surface area contributed by atoms with Crippen LogP contribution in [0.15, 0.2) is 11.1 Å².